The van der Waals surface area contributed by atoms with Gasteiger partial charge in [0.2, 0.25) is 0 Å². The number of aliphatic imine (C=N–C) groups is 1. The third-order valence-corrected chi connectivity index (χ3v) is 4.32. The second-order valence-corrected chi connectivity index (χ2v) is 6.54. The molecule has 0 aliphatic rings. The molecule has 0 spiro atoms. The molecular formula is C17H26IN5S. The third-order valence-electron chi connectivity index (χ3n) is 3.31. The maximum atomic E-state index is 4.26. The number of benzene rings is 1. The van der Waals surface area contributed by atoms with E-state index in [0.717, 1.165) is 31.3 Å². The van der Waals surface area contributed by atoms with Crippen molar-refractivity contribution in [1.29, 1.82) is 0 Å². The molecule has 0 saturated carbocycles. The van der Waals surface area contributed by atoms with E-state index < -0.39 is 0 Å². The van der Waals surface area contributed by atoms with Gasteiger partial charge in [-0.3, -0.25) is 9.67 Å². The van der Waals surface area contributed by atoms with Crippen LogP contribution in [-0.4, -0.2) is 41.6 Å². The Morgan fingerprint density at radius 1 is 1.25 bits per heavy atom. The number of halogens is 1. The van der Waals surface area contributed by atoms with Crippen molar-refractivity contribution in [1.82, 2.24) is 20.4 Å². The third kappa shape index (κ3) is 8.05. The summed E-state index contributed by atoms with van der Waals surface area (Å²) >= 11 is 1.84. The van der Waals surface area contributed by atoms with Crippen LogP contribution in [0.2, 0.25) is 0 Å². The van der Waals surface area contributed by atoms with E-state index in [1.54, 1.807) is 7.05 Å². The predicted octanol–water partition coefficient (Wildman–Crippen LogP) is 3.09. The molecule has 1 aromatic heterocycles. The highest BCUT2D eigenvalue weighted by Gasteiger charge is 2.05. The van der Waals surface area contributed by atoms with Crippen molar-refractivity contribution < 1.29 is 0 Å². The first kappa shape index (κ1) is 20.8. The van der Waals surface area contributed by atoms with Gasteiger partial charge >= 0.3 is 0 Å². The van der Waals surface area contributed by atoms with Gasteiger partial charge in [0.1, 0.15) is 0 Å². The van der Waals surface area contributed by atoms with Gasteiger partial charge in [0.05, 0.1) is 0 Å². The molecule has 0 aliphatic carbocycles. The Hall–Kier alpha value is -1.22. The molecule has 0 saturated heterocycles. The first-order valence-electron chi connectivity index (χ1n) is 7.87. The van der Waals surface area contributed by atoms with Crippen LogP contribution in [0.3, 0.4) is 0 Å². The zero-order valence-electron chi connectivity index (χ0n) is 14.2. The van der Waals surface area contributed by atoms with Crippen LogP contribution in [0.25, 0.3) is 0 Å². The molecule has 0 bridgehead atoms. The van der Waals surface area contributed by atoms with Gasteiger partial charge in [0.25, 0.3) is 0 Å². The van der Waals surface area contributed by atoms with Crippen molar-refractivity contribution in [3.8, 4) is 0 Å². The molecule has 0 fully saturated rings. The number of nitrogens with one attached hydrogen (secondary N) is 2. The lowest BCUT2D eigenvalue weighted by Gasteiger charge is -2.16. The van der Waals surface area contributed by atoms with E-state index in [4.69, 9.17) is 0 Å². The normalized spacial score (nSPS) is 12.3. The van der Waals surface area contributed by atoms with Gasteiger partial charge in [0, 0.05) is 49.7 Å². The first-order chi connectivity index (χ1) is 11.3. The molecular weight excluding hydrogens is 433 g/mol. The molecule has 132 valence electrons. The molecule has 0 amide bonds. The maximum absolute atomic E-state index is 4.26. The van der Waals surface area contributed by atoms with E-state index in [2.05, 4.69) is 51.9 Å². The fraction of sp³-hybridized carbons (Fsp3) is 0.412. The lowest BCUT2D eigenvalue weighted by atomic mass is 10.2. The Balaban J connectivity index is 0.00000288. The predicted molar refractivity (Wildman–Crippen MR) is 113 cm³/mol. The van der Waals surface area contributed by atoms with Gasteiger partial charge in [-0.1, -0.05) is 25.1 Å². The van der Waals surface area contributed by atoms with Gasteiger partial charge < -0.3 is 10.6 Å². The molecule has 7 heteroatoms. The number of nitrogens with zero attached hydrogens (tertiary/aromatic N) is 3. The highest BCUT2D eigenvalue weighted by Crippen LogP contribution is 2.15. The van der Waals surface area contributed by atoms with Crippen molar-refractivity contribution in [3.63, 3.8) is 0 Å². The van der Waals surface area contributed by atoms with Gasteiger partial charge in [0.15, 0.2) is 5.96 Å². The van der Waals surface area contributed by atoms with Crippen molar-refractivity contribution in [2.24, 2.45) is 10.9 Å². The van der Waals surface area contributed by atoms with Crippen molar-refractivity contribution >= 4 is 41.7 Å². The minimum Gasteiger partial charge on any atom is -0.356 e. The van der Waals surface area contributed by atoms with Crippen LogP contribution in [0.4, 0.5) is 0 Å². The fourth-order valence-electron chi connectivity index (χ4n) is 2.14. The van der Waals surface area contributed by atoms with E-state index in [1.165, 1.54) is 4.90 Å². The number of guanidine groups is 1. The molecule has 1 unspecified atom stereocenters. The number of aromatic nitrogens is 2. The highest BCUT2D eigenvalue weighted by molar-refractivity contribution is 14.0. The summed E-state index contributed by atoms with van der Waals surface area (Å²) in [6.45, 7) is 4.85. The molecule has 2 N–H and O–H groups in total. The minimum absolute atomic E-state index is 0. The van der Waals surface area contributed by atoms with E-state index in [1.807, 2.05) is 41.0 Å². The first-order valence-corrected chi connectivity index (χ1v) is 8.86. The van der Waals surface area contributed by atoms with Crippen molar-refractivity contribution in [3.05, 3.63) is 48.8 Å². The lowest BCUT2D eigenvalue weighted by molar-refractivity contribution is 0.443. The summed E-state index contributed by atoms with van der Waals surface area (Å²) in [5.74, 6) is 2.34. The Labute approximate surface area is 165 Å². The van der Waals surface area contributed by atoms with Crippen LogP contribution >= 0.6 is 35.7 Å². The maximum Gasteiger partial charge on any atom is 0.191 e. The van der Waals surface area contributed by atoms with Crippen LogP contribution in [0.15, 0.2) is 58.7 Å². The van der Waals surface area contributed by atoms with E-state index >= 15 is 0 Å². The fourth-order valence-corrected chi connectivity index (χ4v) is 2.93. The van der Waals surface area contributed by atoms with E-state index in [9.17, 15) is 0 Å². The van der Waals surface area contributed by atoms with Crippen molar-refractivity contribution in [2.45, 2.75) is 18.4 Å². The Morgan fingerprint density at radius 2 is 2.04 bits per heavy atom. The zero-order chi connectivity index (χ0) is 16.3. The van der Waals surface area contributed by atoms with Gasteiger partial charge in [-0.25, -0.2) is 0 Å². The molecule has 1 atom stereocenters. The van der Waals surface area contributed by atoms with E-state index in [0.29, 0.717) is 5.92 Å². The molecule has 0 aliphatic heterocycles. The second-order valence-electron chi connectivity index (χ2n) is 5.37. The van der Waals surface area contributed by atoms with Crippen molar-refractivity contribution in [2.75, 3.05) is 25.9 Å². The molecule has 5 nitrogen and oxygen atoms in total. The monoisotopic (exact) mass is 459 g/mol. The quantitative estimate of drug-likeness (QED) is 0.210. The molecule has 2 aromatic rings. The van der Waals surface area contributed by atoms with Gasteiger partial charge in [-0.05, 0) is 24.1 Å². The summed E-state index contributed by atoms with van der Waals surface area (Å²) in [6, 6.07) is 12.4. The summed E-state index contributed by atoms with van der Waals surface area (Å²) in [4.78, 5) is 5.56. The molecule has 0 radical (unpaired) electrons. The largest absolute Gasteiger partial charge is 0.356 e. The topological polar surface area (TPSA) is 54.2 Å². The minimum atomic E-state index is 0. The van der Waals surface area contributed by atoms with E-state index in [-0.39, 0.29) is 24.0 Å². The molecule has 1 heterocycles. The second kappa shape index (κ2) is 12.2. The summed E-state index contributed by atoms with van der Waals surface area (Å²) in [5.41, 5.74) is 0. The number of rotatable bonds is 8. The summed E-state index contributed by atoms with van der Waals surface area (Å²) in [6.07, 6.45) is 3.80. The van der Waals surface area contributed by atoms with Gasteiger partial charge in [-0.2, -0.15) is 5.10 Å². The van der Waals surface area contributed by atoms with Crippen LogP contribution in [0, 0.1) is 5.92 Å². The van der Waals surface area contributed by atoms with Gasteiger partial charge in [-0.15, -0.1) is 35.7 Å². The van der Waals surface area contributed by atoms with Crippen LogP contribution in [-0.2, 0) is 6.54 Å². The Morgan fingerprint density at radius 3 is 2.71 bits per heavy atom. The average molecular weight is 459 g/mol. The number of hydrogen-bond acceptors (Lipinski definition) is 3. The Bertz CT molecular complexity index is 574. The van der Waals surface area contributed by atoms with Crippen LogP contribution < -0.4 is 10.6 Å². The summed E-state index contributed by atoms with van der Waals surface area (Å²) in [7, 11) is 1.80. The SMILES string of the molecule is CN=C(NCCSc1ccccc1)NCC(C)Cn1cccn1.I. The summed E-state index contributed by atoms with van der Waals surface area (Å²) < 4.78 is 1.96. The number of thioether (sulfide) groups is 1. The summed E-state index contributed by atoms with van der Waals surface area (Å²) in [5, 5.41) is 11.0. The molecule has 1 aromatic carbocycles. The Kier molecular flexibility index (Phi) is 10.6. The number of hydrogen-bond donors (Lipinski definition) is 2. The lowest BCUT2D eigenvalue weighted by Crippen LogP contribution is -2.40. The standard InChI is InChI=1S/C17H25N5S.HI/c1-15(14-22-11-6-9-21-22)13-20-17(18-2)19-10-12-23-16-7-4-3-5-8-16;/h3-9,11,15H,10,12-14H2,1-2H3,(H2,18,19,20);1H. The average Bonchev–Trinajstić information content (AvgIpc) is 3.08. The zero-order valence-corrected chi connectivity index (χ0v) is 17.3. The van der Waals surface area contributed by atoms with Crippen LogP contribution in [0.5, 0.6) is 0 Å². The molecule has 24 heavy (non-hydrogen) atoms. The molecule has 2 rings (SSSR count). The van der Waals surface area contributed by atoms with Crippen LogP contribution in [0.1, 0.15) is 6.92 Å². The smallest absolute Gasteiger partial charge is 0.191 e. The highest BCUT2D eigenvalue weighted by atomic mass is 127.